The summed E-state index contributed by atoms with van der Waals surface area (Å²) in [6, 6.07) is 2.37. The number of nitrogens with one attached hydrogen (secondary N) is 1. The van der Waals surface area contributed by atoms with Crippen LogP contribution in [-0.4, -0.2) is 28.4 Å². The maximum absolute atomic E-state index is 5.30. The molecule has 0 saturated heterocycles. The number of nitrogens with zero attached hydrogens (tertiary/aromatic N) is 3. The number of ether oxygens (including phenoxy) is 1. The van der Waals surface area contributed by atoms with Crippen molar-refractivity contribution in [2.75, 3.05) is 13.7 Å². The van der Waals surface area contributed by atoms with Gasteiger partial charge < -0.3 is 10.1 Å². The summed E-state index contributed by atoms with van der Waals surface area (Å²) in [6.45, 7) is 6.25. The van der Waals surface area contributed by atoms with Crippen LogP contribution in [0.15, 0.2) is 17.8 Å². The fourth-order valence-corrected chi connectivity index (χ4v) is 3.18. The van der Waals surface area contributed by atoms with Crippen molar-refractivity contribution < 1.29 is 4.74 Å². The van der Waals surface area contributed by atoms with Crippen molar-refractivity contribution in [1.29, 1.82) is 0 Å². The second-order valence-corrected chi connectivity index (χ2v) is 5.94. The normalized spacial score (nSPS) is 12.5. The third kappa shape index (κ3) is 4.28. The van der Waals surface area contributed by atoms with Crippen LogP contribution in [0.3, 0.4) is 0 Å². The zero-order chi connectivity index (χ0) is 15.1. The highest BCUT2D eigenvalue weighted by Crippen LogP contribution is 2.28. The molecule has 2 aromatic heterocycles. The predicted octanol–water partition coefficient (Wildman–Crippen LogP) is 3.04. The molecule has 0 bridgehead atoms. The summed E-state index contributed by atoms with van der Waals surface area (Å²) in [4.78, 5) is 5.70. The van der Waals surface area contributed by atoms with Gasteiger partial charge in [0.25, 0.3) is 0 Å². The zero-order valence-electron chi connectivity index (χ0n) is 13.0. The molecule has 0 aliphatic carbocycles. The highest BCUT2D eigenvalue weighted by atomic mass is 32.1. The van der Waals surface area contributed by atoms with Gasteiger partial charge >= 0.3 is 0 Å². The van der Waals surface area contributed by atoms with Gasteiger partial charge in [0.2, 0.25) is 0 Å². The van der Waals surface area contributed by atoms with Gasteiger partial charge in [0.05, 0.1) is 7.11 Å². The Kier molecular flexibility index (Phi) is 6.20. The number of methoxy groups -OCH3 is 1. The minimum Gasteiger partial charge on any atom is -0.496 e. The van der Waals surface area contributed by atoms with Gasteiger partial charge in [0.1, 0.15) is 17.9 Å². The van der Waals surface area contributed by atoms with Gasteiger partial charge in [-0.25, -0.2) is 4.98 Å². The molecule has 0 amide bonds. The average Bonchev–Trinajstić information content (AvgIpc) is 3.13. The summed E-state index contributed by atoms with van der Waals surface area (Å²) < 4.78 is 7.30. The van der Waals surface area contributed by atoms with Crippen LogP contribution in [0, 0.1) is 0 Å². The van der Waals surface area contributed by atoms with Crippen LogP contribution in [0.1, 0.15) is 43.4 Å². The predicted molar refractivity (Wildman–Crippen MR) is 85.9 cm³/mol. The average molecular weight is 308 g/mol. The lowest BCUT2D eigenvalue weighted by Gasteiger charge is -2.17. The van der Waals surface area contributed by atoms with Gasteiger partial charge in [-0.2, -0.15) is 5.10 Å². The number of aryl methyl sites for hydroxylation is 1. The summed E-state index contributed by atoms with van der Waals surface area (Å²) in [5, 5.41) is 9.96. The Morgan fingerprint density at radius 3 is 2.90 bits per heavy atom. The highest BCUT2D eigenvalue weighted by molar-refractivity contribution is 7.10. The monoisotopic (exact) mass is 308 g/mol. The van der Waals surface area contributed by atoms with Crippen molar-refractivity contribution >= 4 is 11.3 Å². The van der Waals surface area contributed by atoms with Crippen molar-refractivity contribution in [3.8, 4) is 5.75 Å². The van der Waals surface area contributed by atoms with E-state index in [1.54, 1.807) is 24.8 Å². The number of rotatable bonds is 9. The van der Waals surface area contributed by atoms with Gasteiger partial charge in [-0.15, -0.1) is 11.3 Å². The number of hydrogen-bond acceptors (Lipinski definition) is 5. The fourth-order valence-electron chi connectivity index (χ4n) is 2.24. The van der Waals surface area contributed by atoms with E-state index < -0.39 is 0 Å². The Morgan fingerprint density at radius 1 is 1.38 bits per heavy atom. The standard InChI is InChI=1S/C15H24N4OS/c1-4-6-16-13(14-8-12(20-3)10-21-14)9-15-17-11-18-19(15)7-5-2/h8,10-11,13,16H,4-7,9H2,1-3H3. The number of hydrogen-bond donors (Lipinski definition) is 1. The molecular formula is C15H24N4OS. The molecule has 2 rings (SSSR count). The smallest absolute Gasteiger partial charge is 0.138 e. The van der Waals surface area contributed by atoms with Gasteiger partial charge in [-0.3, -0.25) is 4.68 Å². The van der Waals surface area contributed by atoms with E-state index in [0.29, 0.717) is 0 Å². The van der Waals surface area contributed by atoms with Gasteiger partial charge in [-0.1, -0.05) is 13.8 Å². The van der Waals surface area contributed by atoms with Crippen LogP contribution in [0.2, 0.25) is 0 Å². The molecule has 0 aliphatic rings. The quantitative estimate of drug-likeness (QED) is 0.773. The SMILES string of the molecule is CCCNC(Cc1ncnn1CCC)c1cc(OC)cs1. The second-order valence-electron chi connectivity index (χ2n) is 5.00. The first-order valence-corrected chi connectivity index (χ1v) is 8.38. The first-order chi connectivity index (χ1) is 10.3. The van der Waals surface area contributed by atoms with E-state index in [-0.39, 0.29) is 6.04 Å². The largest absolute Gasteiger partial charge is 0.496 e. The Balaban J connectivity index is 2.13. The van der Waals surface area contributed by atoms with E-state index in [0.717, 1.165) is 43.9 Å². The van der Waals surface area contributed by atoms with Crippen molar-refractivity contribution in [2.45, 2.75) is 45.7 Å². The number of thiophene rings is 1. The summed E-state index contributed by atoms with van der Waals surface area (Å²) in [5.74, 6) is 1.96. The van der Waals surface area contributed by atoms with Gasteiger partial charge in [-0.05, 0) is 25.5 Å². The van der Waals surface area contributed by atoms with Crippen LogP contribution < -0.4 is 10.1 Å². The van der Waals surface area contributed by atoms with Crippen LogP contribution >= 0.6 is 11.3 Å². The van der Waals surface area contributed by atoms with E-state index >= 15 is 0 Å². The Bertz CT molecular complexity index is 537. The lowest BCUT2D eigenvalue weighted by Crippen LogP contribution is -2.24. The molecule has 21 heavy (non-hydrogen) atoms. The topological polar surface area (TPSA) is 52.0 Å². The molecule has 1 N–H and O–H groups in total. The second kappa shape index (κ2) is 8.14. The van der Waals surface area contributed by atoms with Crippen LogP contribution in [0.25, 0.3) is 0 Å². The maximum Gasteiger partial charge on any atom is 0.138 e. The van der Waals surface area contributed by atoms with Crippen molar-refractivity contribution in [2.24, 2.45) is 0 Å². The highest BCUT2D eigenvalue weighted by Gasteiger charge is 2.17. The molecule has 2 heterocycles. The summed E-state index contributed by atoms with van der Waals surface area (Å²) in [7, 11) is 1.71. The van der Waals surface area contributed by atoms with Crippen molar-refractivity contribution in [1.82, 2.24) is 20.1 Å². The van der Waals surface area contributed by atoms with Gasteiger partial charge in [0.15, 0.2) is 0 Å². The molecule has 0 fully saturated rings. The third-order valence-corrected chi connectivity index (χ3v) is 4.36. The maximum atomic E-state index is 5.30. The molecule has 5 nitrogen and oxygen atoms in total. The fraction of sp³-hybridized carbons (Fsp3) is 0.600. The molecule has 116 valence electrons. The third-order valence-electron chi connectivity index (χ3n) is 3.33. The van der Waals surface area contributed by atoms with Gasteiger partial charge in [0, 0.05) is 29.3 Å². The molecule has 0 spiro atoms. The summed E-state index contributed by atoms with van der Waals surface area (Å²) >= 11 is 1.73. The molecule has 2 aromatic rings. The Labute approximate surface area is 130 Å². The Hall–Kier alpha value is -1.40. The first kappa shape index (κ1) is 16.0. The lowest BCUT2D eigenvalue weighted by atomic mass is 10.1. The molecule has 0 saturated carbocycles. The van der Waals surface area contributed by atoms with Crippen molar-refractivity contribution in [3.63, 3.8) is 0 Å². The van der Waals surface area contributed by atoms with E-state index in [1.807, 2.05) is 10.1 Å². The van der Waals surface area contributed by atoms with E-state index in [2.05, 4.69) is 35.3 Å². The minimum atomic E-state index is 0.263. The zero-order valence-corrected chi connectivity index (χ0v) is 13.8. The Morgan fingerprint density at radius 2 is 2.24 bits per heavy atom. The van der Waals surface area contributed by atoms with E-state index in [4.69, 9.17) is 4.74 Å². The van der Waals surface area contributed by atoms with E-state index in [1.165, 1.54) is 4.88 Å². The van der Waals surface area contributed by atoms with Crippen molar-refractivity contribution in [3.05, 3.63) is 28.5 Å². The molecule has 0 aliphatic heterocycles. The van der Waals surface area contributed by atoms with Crippen LogP contribution in [0.4, 0.5) is 0 Å². The number of aromatic nitrogens is 3. The summed E-state index contributed by atoms with van der Waals surface area (Å²) in [6.07, 6.45) is 4.68. The molecule has 1 unspecified atom stereocenters. The van der Waals surface area contributed by atoms with E-state index in [9.17, 15) is 0 Å². The molecule has 0 radical (unpaired) electrons. The first-order valence-electron chi connectivity index (χ1n) is 7.50. The molecule has 6 heteroatoms. The van der Waals surface area contributed by atoms with Crippen LogP contribution in [-0.2, 0) is 13.0 Å². The minimum absolute atomic E-state index is 0.263. The molecule has 0 aromatic carbocycles. The molecule has 1 atom stereocenters. The summed E-state index contributed by atoms with van der Waals surface area (Å²) in [5.41, 5.74) is 0. The molecular weight excluding hydrogens is 284 g/mol. The van der Waals surface area contributed by atoms with Crippen LogP contribution in [0.5, 0.6) is 5.75 Å². The lowest BCUT2D eigenvalue weighted by molar-refractivity contribution is 0.415.